The van der Waals surface area contributed by atoms with Gasteiger partial charge in [-0.2, -0.15) is 11.8 Å². The van der Waals surface area contributed by atoms with E-state index in [1.807, 2.05) is 0 Å². The number of hydrogen-bond donors (Lipinski definition) is 3. The first-order valence-electron chi connectivity index (χ1n) is 7.34. The molecule has 0 radical (unpaired) electrons. The largest absolute Gasteiger partial charge is 0.481 e. The first kappa shape index (κ1) is 20.5. The molecule has 0 aliphatic heterocycles. The Kier molecular flexibility index (Phi) is 11.3. The monoisotopic (exact) mass is 331 g/mol. The third-order valence-electron chi connectivity index (χ3n) is 2.96. The van der Waals surface area contributed by atoms with Gasteiger partial charge < -0.3 is 15.5 Å². The van der Waals surface area contributed by atoms with Gasteiger partial charge in [0, 0.05) is 17.9 Å². The number of thioether (sulfide) groups is 1. The molecule has 22 heavy (non-hydrogen) atoms. The Morgan fingerprint density at radius 2 is 1.86 bits per heavy atom. The summed E-state index contributed by atoms with van der Waals surface area (Å²) in [6, 6.07) is -0.990. The van der Waals surface area contributed by atoms with Gasteiger partial charge in [-0.3, -0.25) is 9.59 Å². The highest BCUT2D eigenvalue weighted by Gasteiger charge is 2.19. The van der Waals surface area contributed by atoms with Crippen molar-refractivity contribution in [3.05, 3.63) is 11.6 Å². The van der Waals surface area contributed by atoms with Gasteiger partial charge >= 0.3 is 11.9 Å². The molecule has 0 saturated carbocycles. The predicted octanol–water partition coefficient (Wildman–Crippen LogP) is 2.29. The minimum atomic E-state index is -1.11. The van der Waals surface area contributed by atoms with Gasteiger partial charge in [0.1, 0.15) is 6.04 Å². The smallest absolute Gasteiger partial charge is 0.327 e. The second-order valence-corrected chi connectivity index (χ2v) is 6.12. The summed E-state index contributed by atoms with van der Waals surface area (Å²) in [4.78, 5) is 32.9. The minimum Gasteiger partial charge on any atom is -0.481 e. The molecule has 0 rings (SSSR count). The lowest BCUT2D eigenvalue weighted by molar-refractivity contribution is -0.141. The molecular weight excluding hydrogens is 306 g/mol. The maximum absolute atomic E-state index is 11.5. The molecule has 0 unspecified atom stereocenters. The van der Waals surface area contributed by atoms with Crippen LogP contribution in [0.3, 0.4) is 0 Å². The lowest BCUT2D eigenvalue weighted by Crippen LogP contribution is -2.42. The number of unbranched alkanes of at least 4 members (excludes halogenated alkanes) is 1. The number of carboxylic acid groups (broad SMARTS) is 2. The van der Waals surface area contributed by atoms with E-state index in [1.165, 1.54) is 17.3 Å². The third kappa shape index (κ3) is 11.2. The highest BCUT2D eigenvalue weighted by molar-refractivity contribution is 7.99. The molecule has 0 aliphatic carbocycles. The van der Waals surface area contributed by atoms with E-state index in [0.717, 1.165) is 19.3 Å². The number of rotatable bonds is 12. The van der Waals surface area contributed by atoms with Crippen LogP contribution in [0.4, 0.5) is 0 Å². The van der Waals surface area contributed by atoms with Gasteiger partial charge in [-0.25, -0.2) is 4.79 Å². The Labute approximate surface area is 135 Å². The first-order chi connectivity index (χ1) is 10.4. The van der Waals surface area contributed by atoms with E-state index >= 15 is 0 Å². The molecular formula is C15H25NO5S. The Hall–Kier alpha value is -1.50. The van der Waals surface area contributed by atoms with Crippen molar-refractivity contribution in [1.29, 1.82) is 0 Å². The number of allylic oxidation sites excluding steroid dienone is 1. The van der Waals surface area contributed by atoms with Crippen LogP contribution in [0, 0.1) is 0 Å². The van der Waals surface area contributed by atoms with Crippen molar-refractivity contribution in [2.45, 2.75) is 52.0 Å². The van der Waals surface area contributed by atoms with Crippen LogP contribution in [-0.2, 0) is 14.4 Å². The SMILES string of the molecule is CCCC/C(C)=C/CSC[C@H](NC(=O)CCC(=O)O)C(=O)O. The van der Waals surface area contributed by atoms with Gasteiger partial charge in [0.2, 0.25) is 5.91 Å². The van der Waals surface area contributed by atoms with E-state index in [2.05, 4.69) is 25.2 Å². The summed E-state index contributed by atoms with van der Waals surface area (Å²) in [5.41, 5.74) is 1.28. The molecule has 0 heterocycles. The van der Waals surface area contributed by atoms with E-state index in [-0.39, 0.29) is 18.6 Å². The van der Waals surface area contributed by atoms with Gasteiger partial charge in [-0.1, -0.05) is 25.0 Å². The van der Waals surface area contributed by atoms with Crippen LogP contribution in [0.25, 0.3) is 0 Å². The van der Waals surface area contributed by atoms with E-state index in [9.17, 15) is 14.4 Å². The Bertz CT molecular complexity index is 409. The van der Waals surface area contributed by atoms with Gasteiger partial charge in [0.05, 0.1) is 6.42 Å². The number of aliphatic carboxylic acids is 2. The fraction of sp³-hybridized carbons (Fsp3) is 0.667. The summed E-state index contributed by atoms with van der Waals surface area (Å²) < 4.78 is 0. The molecule has 1 amide bonds. The summed E-state index contributed by atoms with van der Waals surface area (Å²) in [5, 5.41) is 19.9. The van der Waals surface area contributed by atoms with E-state index in [0.29, 0.717) is 5.75 Å². The van der Waals surface area contributed by atoms with Crippen LogP contribution in [-0.4, -0.2) is 45.6 Å². The van der Waals surface area contributed by atoms with Crippen LogP contribution in [0.1, 0.15) is 46.0 Å². The fourth-order valence-electron chi connectivity index (χ4n) is 1.61. The molecule has 7 heteroatoms. The van der Waals surface area contributed by atoms with E-state index < -0.39 is 23.9 Å². The van der Waals surface area contributed by atoms with Gasteiger partial charge in [0.25, 0.3) is 0 Å². The van der Waals surface area contributed by atoms with Crippen LogP contribution in [0.2, 0.25) is 0 Å². The standard InChI is InChI=1S/C15H25NO5S/c1-3-4-5-11(2)8-9-22-10-12(15(20)21)16-13(17)6-7-14(18)19/h8,12H,3-7,9-10H2,1-2H3,(H,16,17)(H,18,19)(H,20,21)/b11-8+/t12-/m0/s1. The Morgan fingerprint density at radius 1 is 1.18 bits per heavy atom. The average molecular weight is 331 g/mol. The normalized spacial score (nSPS) is 12.7. The number of amides is 1. The van der Waals surface area contributed by atoms with Crippen LogP contribution < -0.4 is 5.32 Å². The quantitative estimate of drug-likeness (QED) is 0.374. The highest BCUT2D eigenvalue weighted by Crippen LogP contribution is 2.10. The van der Waals surface area contributed by atoms with Gasteiger partial charge in [-0.05, 0) is 19.8 Å². The van der Waals surface area contributed by atoms with E-state index in [1.54, 1.807) is 0 Å². The fourth-order valence-corrected chi connectivity index (χ4v) is 2.61. The molecule has 126 valence electrons. The molecule has 0 saturated heterocycles. The third-order valence-corrected chi connectivity index (χ3v) is 3.93. The van der Waals surface area contributed by atoms with Crippen molar-refractivity contribution < 1.29 is 24.6 Å². The van der Waals surface area contributed by atoms with Gasteiger partial charge in [0.15, 0.2) is 0 Å². The lowest BCUT2D eigenvalue weighted by Gasteiger charge is -2.13. The van der Waals surface area contributed by atoms with Crippen molar-refractivity contribution in [2.75, 3.05) is 11.5 Å². The van der Waals surface area contributed by atoms with Crippen molar-refractivity contribution in [3.63, 3.8) is 0 Å². The summed E-state index contributed by atoms with van der Waals surface area (Å²) in [5.74, 6) is -1.78. The van der Waals surface area contributed by atoms with Crippen molar-refractivity contribution in [1.82, 2.24) is 5.32 Å². The average Bonchev–Trinajstić information content (AvgIpc) is 2.45. The second kappa shape index (κ2) is 12.1. The van der Waals surface area contributed by atoms with Crippen molar-refractivity contribution in [3.8, 4) is 0 Å². The van der Waals surface area contributed by atoms with Crippen molar-refractivity contribution in [2.24, 2.45) is 0 Å². The number of carboxylic acids is 2. The number of hydrogen-bond acceptors (Lipinski definition) is 4. The topological polar surface area (TPSA) is 104 Å². The minimum absolute atomic E-state index is 0.209. The Balaban J connectivity index is 4.12. The van der Waals surface area contributed by atoms with Crippen LogP contribution >= 0.6 is 11.8 Å². The van der Waals surface area contributed by atoms with Gasteiger partial charge in [-0.15, -0.1) is 0 Å². The summed E-state index contributed by atoms with van der Waals surface area (Å²) >= 11 is 1.43. The zero-order valence-electron chi connectivity index (χ0n) is 13.1. The molecule has 0 aliphatic rings. The lowest BCUT2D eigenvalue weighted by atomic mass is 10.1. The zero-order chi connectivity index (χ0) is 17.0. The molecule has 3 N–H and O–H groups in total. The molecule has 0 bridgehead atoms. The number of carbonyl (C=O) groups excluding carboxylic acids is 1. The highest BCUT2D eigenvalue weighted by atomic mass is 32.2. The van der Waals surface area contributed by atoms with Crippen LogP contribution in [0.15, 0.2) is 11.6 Å². The number of nitrogens with one attached hydrogen (secondary N) is 1. The Morgan fingerprint density at radius 3 is 2.41 bits per heavy atom. The molecule has 0 aromatic heterocycles. The maximum Gasteiger partial charge on any atom is 0.327 e. The molecule has 0 fully saturated rings. The summed E-state index contributed by atoms with van der Waals surface area (Å²) in [6.07, 6.45) is 4.90. The van der Waals surface area contributed by atoms with Crippen molar-refractivity contribution >= 4 is 29.6 Å². The van der Waals surface area contributed by atoms with Crippen LogP contribution in [0.5, 0.6) is 0 Å². The second-order valence-electron chi connectivity index (χ2n) is 5.04. The zero-order valence-corrected chi connectivity index (χ0v) is 13.9. The summed E-state index contributed by atoms with van der Waals surface area (Å²) in [7, 11) is 0. The molecule has 0 aromatic carbocycles. The molecule has 0 spiro atoms. The molecule has 1 atom stereocenters. The first-order valence-corrected chi connectivity index (χ1v) is 8.49. The summed E-state index contributed by atoms with van der Waals surface area (Å²) in [6.45, 7) is 4.19. The molecule has 0 aromatic rings. The maximum atomic E-state index is 11.5. The van der Waals surface area contributed by atoms with E-state index in [4.69, 9.17) is 10.2 Å². The number of carbonyl (C=O) groups is 3. The predicted molar refractivity (Wildman–Crippen MR) is 87.0 cm³/mol. The molecule has 6 nitrogen and oxygen atoms in total.